The topological polar surface area (TPSA) is 87.7 Å². The second kappa shape index (κ2) is 10.4. The van der Waals surface area contributed by atoms with E-state index in [2.05, 4.69) is 10.6 Å². The standard InChI is InChI=1S/C27H24ClN3O4/c1-3-17-12-14-20(15-13-17)31-26(33)23(28)24(27(31)34)29-19-9-7-8-18(16-19)25(32)30-21-10-5-6-11-22(21)35-4-2/h5-16,29H,3-4H2,1-2H3,(H,30,32). The van der Waals surface area contributed by atoms with Crippen molar-refractivity contribution in [2.45, 2.75) is 20.3 Å². The number of carbonyl (C=O) groups excluding carboxylic acids is 3. The monoisotopic (exact) mass is 489 g/mol. The van der Waals surface area contributed by atoms with Crippen LogP contribution in [0, 0.1) is 0 Å². The number of hydrogen-bond acceptors (Lipinski definition) is 5. The first kappa shape index (κ1) is 24.0. The summed E-state index contributed by atoms with van der Waals surface area (Å²) in [4.78, 5) is 39.7. The van der Waals surface area contributed by atoms with E-state index in [1.165, 1.54) is 0 Å². The molecule has 0 radical (unpaired) electrons. The molecule has 7 nitrogen and oxygen atoms in total. The second-order valence-electron chi connectivity index (χ2n) is 7.74. The molecule has 0 unspecified atom stereocenters. The van der Waals surface area contributed by atoms with Crippen LogP contribution in [-0.2, 0) is 16.0 Å². The lowest BCUT2D eigenvalue weighted by atomic mass is 10.1. The largest absolute Gasteiger partial charge is 0.492 e. The van der Waals surface area contributed by atoms with E-state index in [0.29, 0.717) is 35.0 Å². The van der Waals surface area contributed by atoms with Gasteiger partial charge in [-0.2, -0.15) is 0 Å². The van der Waals surface area contributed by atoms with Crippen LogP contribution in [0.15, 0.2) is 83.5 Å². The Hall–Kier alpha value is -4.10. The second-order valence-corrected chi connectivity index (χ2v) is 8.12. The van der Waals surface area contributed by atoms with Crippen LogP contribution in [0.5, 0.6) is 5.75 Å². The van der Waals surface area contributed by atoms with Crippen molar-refractivity contribution in [2.75, 3.05) is 22.1 Å². The predicted octanol–water partition coefficient (Wildman–Crippen LogP) is 5.34. The van der Waals surface area contributed by atoms with Crippen LogP contribution in [0.4, 0.5) is 17.1 Å². The SMILES string of the molecule is CCOc1ccccc1NC(=O)c1cccc(NC2=C(Cl)C(=O)N(c3ccc(CC)cc3)C2=O)c1. The maximum absolute atomic E-state index is 13.1. The first-order valence-electron chi connectivity index (χ1n) is 11.2. The van der Waals surface area contributed by atoms with Crippen molar-refractivity contribution in [3.63, 3.8) is 0 Å². The molecule has 35 heavy (non-hydrogen) atoms. The van der Waals surface area contributed by atoms with Gasteiger partial charge in [-0.1, -0.05) is 48.9 Å². The summed E-state index contributed by atoms with van der Waals surface area (Å²) < 4.78 is 5.56. The lowest BCUT2D eigenvalue weighted by Crippen LogP contribution is -2.32. The number of nitrogens with one attached hydrogen (secondary N) is 2. The number of ether oxygens (including phenoxy) is 1. The Morgan fingerprint density at radius 3 is 2.40 bits per heavy atom. The first-order valence-corrected chi connectivity index (χ1v) is 11.6. The van der Waals surface area contributed by atoms with E-state index in [9.17, 15) is 14.4 Å². The van der Waals surface area contributed by atoms with Crippen molar-refractivity contribution in [1.29, 1.82) is 0 Å². The Morgan fingerprint density at radius 2 is 1.69 bits per heavy atom. The Kier molecular flexibility index (Phi) is 7.17. The molecule has 0 fully saturated rings. The van der Waals surface area contributed by atoms with Gasteiger partial charge in [0.2, 0.25) is 0 Å². The number of benzene rings is 3. The summed E-state index contributed by atoms with van der Waals surface area (Å²) in [5.41, 5.74) is 2.81. The molecular formula is C27H24ClN3O4. The number of anilines is 3. The number of halogens is 1. The Balaban J connectivity index is 1.52. The van der Waals surface area contributed by atoms with Gasteiger partial charge in [-0.15, -0.1) is 0 Å². The molecule has 3 aromatic rings. The molecule has 178 valence electrons. The fourth-order valence-electron chi connectivity index (χ4n) is 3.65. The molecule has 0 aromatic heterocycles. The van der Waals surface area contributed by atoms with E-state index in [1.807, 2.05) is 32.0 Å². The van der Waals surface area contributed by atoms with Gasteiger partial charge in [-0.3, -0.25) is 14.4 Å². The molecule has 0 bridgehead atoms. The molecule has 3 aromatic carbocycles. The fraction of sp³-hybridized carbons (Fsp3) is 0.148. The summed E-state index contributed by atoms with van der Waals surface area (Å²) >= 11 is 6.25. The highest BCUT2D eigenvalue weighted by Gasteiger charge is 2.39. The van der Waals surface area contributed by atoms with Gasteiger partial charge in [0.05, 0.1) is 18.0 Å². The van der Waals surface area contributed by atoms with Gasteiger partial charge in [0.25, 0.3) is 17.7 Å². The number of nitrogens with zero attached hydrogens (tertiary/aromatic N) is 1. The summed E-state index contributed by atoms with van der Waals surface area (Å²) in [7, 11) is 0. The zero-order valence-electron chi connectivity index (χ0n) is 19.3. The molecule has 0 aliphatic carbocycles. The van der Waals surface area contributed by atoms with Crippen LogP contribution in [-0.4, -0.2) is 24.3 Å². The number of para-hydroxylation sites is 2. The van der Waals surface area contributed by atoms with Gasteiger partial charge in [0.15, 0.2) is 0 Å². The minimum Gasteiger partial charge on any atom is -0.492 e. The predicted molar refractivity (Wildman–Crippen MR) is 137 cm³/mol. The van der Waals surface area contributed by atoms with Gasteiger partial charge in [0.1, 0.15) is 16.5 Å². The fourth-order valence-corrected chi connectivity index (χ4v) is 3.87. The van der Waals surface area contributed by atoms with Crippen LogP contribution in [0.2, 0.25) is 0 Å². The van der Waals surface area contributed by atoms with Crippen LogP contribution in [0.3, 0.4) is 0 Å². The third-order valence-electron chi connectivity index (χ3n) is 5.46. The maximum atomic E-state index is 13.1. The van der Waals surface area contributed by atoms with Crippen molar-refractivity contribution in [1.82, 2.24) is 0 Å². The van der Waals surface area contributed by atoms with Crippen LogP contribution < -0.4 is 20.3 Å². The molecule has 0 spiro atoms. The molecule has 8 heteroatoms. The molecule has 4 rings (SSSR count). The van der Waals surface area contributed by atoms with Gasteiger partial charge in [0, 0.05) is 11.3 Å². The normalized spacial score (nSPS) is 13.3. The van der Waals surface area contributed by atoms with Crippen molar-refractivity contribution >= 4 is 46.4 Å². The molecule has 3 amide bonds. The Morgan fingerprint density at radius 1 is 0.943 bits per heavy atom. The van der Waals surface area contributed by atoms with Crippen LogP contribution >= 0.6 is 11.6 Å². The number of hydrogen-bond donors (Lipinski definition) is 2. The van der Waals surface area contributed by atoms with Gasteiger partial charge in [-0.05, 0) is 61.4 Å². The Bertz CT molecular complexity index is 1320. The molecular weight excluding hydrogens is 466 g/mol. The summed E-state index contributed by atoms with van der Waals surface area (Å²) in [5, 5.41) is 5.54. The van der Waals surface area contributed by atoms with E-state index in [1.54, 1.807) is 54.6 Å². The first-order chi connectivity index (χ1) is 16.9. The zero-order valence-corrected chi connectivity index (χ0v) is 20.1. The summed E-state index contributed by atoms with van der Waals surface area (Å²) in [5.74, 6) is -0.960. The van der Waals surface area contributed by atoms with Gasteiger partial charge >= 0.3 is 0 Å². The summed E-state index contributed by atoms with van der Waals surface area (Å²) in [6, 6.07) is 20.9. The minimum absolute atomic E-state index is 0.0458. The molecule has 1 heterocycles. The summed E-state index contributed by atoms with van der Waals surface area (Å²) in [6.07, 6.45) is 0.842. The van der Waals surface area contributed by atoms with Crippen molar-refractivity contribution in [3.05, 3.63) is 94.7 Å². The van der Waals surface area contributed by atoms with Crippen molar-refractivity contribution < 1.29 is 19.1 Å². The molecule has 0 saturated carbocycles. The smallest absolute Gasteiger partial charge is 0.283 e. The van der Waals surface area contributed by atoms with E-state index in [4.69, 9.17) is 16.3 Å². The van der Waals surface area contributed by atoms with Gasteiger partial charge < -0.3 is 15.4 Å². The van der Waals surface area contributed by atoms with Crippen LogP contribution in [0.25, 0.3) is 0 Å². The highest BCUT2D eigenvalue weighted by atomic mass is 35.5. The third-order valence-corrected chi connectivity index (χ3v) is 5.81. The quantitative estimate of drug-likeness (QED) is 0.417. The zero-order chi connectivity index (χ0) is 24.9. The van der Waals surface area contributed by atoms with E-state index < -0.39 is 11.8 Å². The number of aryl methyl sites for hydroxylation is 1. The average Bonchev–Trinajstić information content (AvgIpc) is 3.08. The Labute approximate surface area is 208 Å². The summed E-state index contributed by atoms with van der Waals surface area (Å²) in [6.45, 7) is 4.35. The van der Waals surface area contributed by atoms with E-state index in [0.717, 1.165) is 16.9 Å². The highest BCUT2D eigenvalue weighted by Crippen LogP contribution is 2.31. The van der Waals surface area contributed by atoms with Crippen molar-refractivity contribution in [2.24, 2.45) is 0 Å². The maximum Gasteiger partial charge on any atom is 0.283 e. The van der Waals surface area contributed by atoms with E-state index in [-0.39, 0.29) is 16.6 Å². The number of amides is 3. The number of carbonyl (C=O) groups is 3. The van der Waals surface area contributed by atoms with E-state index >= 15 is 0 Å². The van der Waals surface area contributed by atoms with Crippen molar-refractivity contribution in [3.8, 4) is 5.75 Å². The average molecular weight is 490 g/mol. The van der Waals surface area contributed by atoms with Crippen LogP contribution in [0.1, 0.15) is 29.8 Å². The third kappa shape index (κ3) is 5.05. The molecule has 0 atom stereocenters. The minimum atomic E-state index is -0.607. The highest BCUT2D eigenvalue weighted by molar-refractivity contribution is 6.53. The molecule has 1 aliphatic rings. The number of rotatable bonds is 8. The lowest BCUT2D eigenvalue weighted by Gasteiger charge is -2.15. The molecule has 1 aliphatic heterocycles. The van der Waals surface area contributed by atoms with Gasteiger partial charge in [-0.25, -0.2) is 4.90 Å². The molecule has 0 saturated heterocycles. The number of imide groups is 1. The molecule has 2 N–H and O–H groups in total. The lowest BCUT2D eigenvalue weighted by molar-refractivity contribution is -0.120.